The summed E-state index contributed by atoms with van der Waals surface area (Å²) in [4.78, 5) is 16.1. The lowest BCUT2D eigenvalue weighted by atomic mass is 10.1. The van der Waals surface area contributed by atoms with Crippen molar-refractivity contribution in [1.82, 2.24) is 9.80 Å². The molecule has 0 aromatic heterocycles. The highest BCUT2D eigenvalue weighted by Crippen LogP contribution is 2.16. The third-order valence-electron chi connectivity index (χ3n) is 3.90. The summed E-state index contributed by atoms with van der Waals surface area (Å²) in [6.45, 7) is 10.9. The van der Waals surface area contributed by atoms with Gasteiger partial charge in [0.1, 0.15) is 0 Å². The van der Waals surface area contributed by atoms with Crippen LogP contribution in [0.25, 0.3) is 0 Å². The summed E-state index contributed by atoms with van der Waals surface area (Å²) in [7, 11) is 1.45. The zero-order chi connectivity index (χ0) is 13.5. The highest BCUT2D eigenvalue weighted by atomic mass is 16.5. The SMILES string of the molecule is CCC[C@@H](C)N1CCN(CCC(=O)OC)C[C@H]1C. The zero-order valence-electron chi connectivity index (χ0n) is 12.3. The third-order valence-corrected chi connectivity index (χ3v) is 3.90. The van der Waals surface area contributed by atoms with Crippen LogP contribution < -0.4 is 0 Å². The van der Waals surface area contributed by atoms with Crippen molar-refractivity contribution in [3.63, 3.8) is 0 Å². The number of piperazine rings is 1. The van der Waals surface area contributed by atoms with Crippen LogP contribution in [-0.4, -0.2) is 61.1 Å². The number of esters is 1. The predicted molar refractivity (Wildman–Crippen MR) is 73.6 cm³/mol. The van der Waals surface area contributed by atoms with Crippen LogP contribution in [0, 0.1) is 0 Å². The summed E-state index contributed by atoms with van der Waals surface area (Å²) >= 11 is 0. The number of hydrogen-bond donors (Lipinski definition) is 0. The molecule has 1 aliphatic heterocycles. The van der Waals surface area contributed by atoms with E-state index < -0.39 is 0 Å². The molecule has 0 radical (unpaired) electrons. The monoisotopic (exact) mass is 256 g/mol. The largest absolute Gasteiger partial charge is 0.469 e. The Balaban J connectivity index is 2.33. The van der Waals surface area contributed by atoms with Crippen LogP contribution in [0.1, 0.15) is 40.0 Å². The van der Waals surface area contributed by atoms with Crippen molar-refractivity contribution in [3.05, 3.63) is 0 Å². The molecule has 0 N–H and O–H groups in total. The molecule has 1 rings (SSSR count). The van der Waals surface area contributed by atoms with Gasteiger partial charge in [-0.25, -0.2) is 0 Å². The lowest BCUT2D eigenvalue weighted by molar-refractivity contribution is -0.141. The van der Waals surface area contributed by atoms with Gasteiger partial charge in [0.15, 0.2) is 0 Å². The summed E-state index contributed by atoms with van der Waals surface area (Å²) in [5, 5.41) is 0. The van der Waals surface area contributed by atoms with Gasteiger partial charge in [0, 0.05) is 38.3 Å². The number of rotatable bonds is 6. The van der Waals surface area contributed by atoms with Crippen LogP contribution in [0.4, 0.5) is 0 Å². The van der Waals surface area contributed by atoms with E-state index in [1.165, 1.54) is 20.0 Å². The third kappa shape index (κ3) is 4.58. The molecule has 0 saturated carbocycles. The van der Waals surface area contributed by atoms with Gasteiger partial charge in [0.05, 0.1) is 13.5 Å². The minimum Gasteiger partial charge on any atom is -0.469 e. The fourth-order valence-electron chi connectivity index (χ4n) is 2.84. The van der Waals surface area contributed by atoms with Crippen molar-refractivity contribution >= 4 is 5.97 Å². The Morgan fingerprint density at radius 3 is 2.72 bits per heavy atom. The van der Waals surface area contributed by atoms with Crippen molar-refractivity contribution in [3.8, 4) is 0 Å². The Kier molecular flexibility index (Phi) is 6.65. The summed E-state index contributed by atoms with van der Waals surface area (Å²) in [6.07, 6.45) is 3.02. The second-order valence-electron chi connectivity index (χ2n) is 5.35. The summed E-state index contributed by atoms with van der Waals surface area (Å²) in [5.41, 5.74) is 0. The van der Waals surface area contributed by atoms with Crippen molar-refractivity contribution < 1.29 is 9.53 Å². The lowest BCUT2D eigenvalue weighted by Crippen LogP contribution is -2.54. The van der Waals surface area contributed by atoms with Gasteiger partial charge < -0.3 is 4.74 Å². The Morgan fingerprint density at radius 1 is 1.44 bits per heavy atom. The van der Waals surface area contributed by atoms with Crippen LogP contribution in [0.3, 0.4) is 0 Å². The Bertz CT molecular complexity index is 258. The van der Waals surface area contributed by atoms with E-state index >= 15 is 0 Å². The summed E-state index contributed by atoms with van der Waals surface area (Å²) < 4.78 is 4.68. The molecule has 18 heavy (non-hydrogen) atoms. The summed E-state index contributed by atoms with van der Waals surface area (Å²) in [6, 6.07) is 1.26. The quantitative estimate of drug-likeness (QED) is 0.678. The van der Waals surface area contributed by atoms with E-state index in [0.717, 1.165) is 26.2 Å². The number of carbonyl (C=O) groups is 1. The normalized spacial score (nSPS) is 23.9. The van der Waals surface area contributed by atoms with Gasteiger partial charge in [0.25, 0.3) is 0 Å². The molecular weight excluding hydrogens is 228 g/mol. The van der Waals surface area contributed by atoms with Gasteiger partial charge in [-0.3, -0.25) is 14.6 Å². The highest BCUT2D eigenvalue weighted by molar-refractivity contribution is 5.69. The minimum absolute atomic E-state index is 0.107. The molecule has 0 aromatic rings. The molecular formula is C14H28N2O2. The second-order valence-corrected chi connectivity index (χ2v) is 5.35. The van der Waals surface area contributed by atoms with E-state index in [4.69, 9.17) is 0 Å². The number of nitrogens with zero attached hydrogens (tertiary/aromatic N) is 2. The molecule has 1 fully saturated rings. The molecule has 0 bridgehead atoms. The smallest absolute Gasteiger partial charge is 0.306 e. The van der Waals surface area contributed by atoms with Gasteiger partial charge in [-0.2, -0.15) is 0 Å². The topological polar surface area (TPSA) is 32.8 Å². The zero-order valence-corrected chi connectivity index (χ0v) is 12.3. The van der Waals surface area contributed by atoms with Crippen LogP contribution >= 0.6 is 0 Å². The van der Waals surface area contributed by atoms with Gasteiger partial charge in [-0.05, 0) is 20.3 Å². The van der Waals surface area contributed by atoms with Gasteiger partial charge >= 0.3 is 5.97 Å². The molecule has 0 spiro atoms. The fourth-order valence-corrected chi connectivity index (χ4v) is 2.84. The van der Waals surface area contributed by atoms with E-state index in [1.54, 1.807) is 0 Å². The molecule has 1 saturated heterocycles. The summed E-state index contributed by atoms with van der Waals surface area (Å²) in [5.74, 6) is -0.107. The molecule has 0 aliphatic carbocycles. The maximum Gasteiger partial charge on any atom is 0.306 e. The van der Waals surface area contributed by atoms with Gasteiger partial charge in [-0.15, -0.1) is 0 Å². The maximum atomic E-state index is 11.1. The molecule has 0 aromatic carbocycles. The first-order valence-corrected chi connectivity index (χ1v) is 7.13. The highest BCUT2D eigenvalue weighted by Gasteiger charge is 2.26. The Labute approximate surface area is 111 Å². The first kappa shape index (κ1) is 15.4. The molecule has 0 amide bonds. The molecule has 2 atom stereocenters. The lowest BCUT2D eigenvalue weighted by Gasteiger charge is -2.43. The molecule has 1 heterocycles. The van der Waals surface area contributed by atoms with Crippen molar-refractivity contribution in [2.75, 3.05) is 33.3 Å². The Hall–Kier alpha value is -0.610. The van der Waals surface area contributed by atoms with Crippen molar-refractivity contribution in [2.45, 2.75) is 52.1 Å². The molecule has 4 nitrogen and oxygen atoms in total. The minimum atomic E-state index is -0.107. The van der Waals surface area contributed by atoms with Crippen molar-refractivity contribution in [1.29, 1.82) is 0 Å². The molecule has 1 aliphatic rings. The van der Waals surface area contributed by atoms with E-state index in [9.17, 15) is 4.79 Å². The van der Waals surface area contributed by atoms with Crippen LogP contribution in [0.15, 0.2) is 0 Å². The standard InChI is InChI=1S/C14H28N2O2/c1-5-6-12(2)16-10-9-15(11-13(16)3)8-7-14(17)18-4/h12-13H,5-11H2,1-4H3/t12-,13-/m1/s1. The number of methoxy groups -OCH3 is 1. The number of carbonyl (C=O) groups excluding carboxylic acids is 1. The van der Waals surface area contributed by atoms with E-state index in [0.29, 0.717) is 18.5 Å². The molecule has 0 unspecified atom stereocenters. The van der Waals surface area contributed by atoms with Gasteiger partial charge in [0.2, 0.25) is 0 Å². The Morgan fingerprint density at radius 2 is 2.17 bits per heavy atom. The average molecular weight is 256 g/mol. The average Bonchev–Trinajstić information content (AvgIpc) is 2.36. The first-order valence-electron chi connectivity index (χ1n) is 7.13. The molecule has 4 heteroatoms. The van der Waals surface area contributed by atoms with Crippen LogP contribution in [0.5, 0.6) is 0 Å². The number of hydrogen-bond acceptors (Lipinski definition) is 4. The van der Waals surface area contributed by atoms with Gasteiger partial charge in [-0.1, -0.05) is 13.3 Å². The van der Waals surface area contributed by atoms with E-state index in [2.05, 4.69) is 35.3 Å². The van der Waals surface area contributed by atoms with Crippen molar-refractivity contribution in [2.24, 2.45) is 0 Å². The van der Waals surface area contributed by atoms with E-state index in [-0.39, 0.29) is 5.97 Å². The first-order chi connectivity index (χ1) is 8.58. The molecule has 106 valence electrons. The maximum absolute atomic E-state index is 11.1. The van der Waals surface area contributed by atoms with Crippen LogP contribution in [-0.2, 0) is 9.53 Å². The fraction of sp³-hybridized carbons (Fsp3) is 0.929. The number of ether oxygens (including phenoxy) is 1. The van der Waals surface area contributed by atoms with Crippen LogP contribution in [0.2, 0.25) is 0 Å². The second kappa shape index (κ2) is 7.74. The predicted octanol–water partition coefficient (Wildman–Crippen LogP) is 1.74. The van der Waals surface area contributed by atoms with E-state index in [1.807, 2.05) is 0 Å².